The third-order valence-electron chi connectivity index (χ3n) is 8.12. The first-order chi connectivity index (χ1) is 19.6. The number of alkyl halides is 6. The number of aromatic nitrogens is 4. The maximum absolute atomic E-state index is 13.9. The number of halogens is 6. The van der Waals surface area contributed by atoms with Crippen molar-refractivity contribution in [3.8, 4) is 22.6 Å². The lowest BCUT2D eigenvalue weighted by Gasteiger charge is -2.20. The normalized spacial score (nSPS) is 17.1. The quantitative estimate of drug-likeness (QED) is 0.243. The van der Waals surface area contributed by atoms with Gasteiger partial charge in [0.25, 0.3) is 5.56 Å². The molecule has 2 fully saturated rings. The van der Waals surface area contributed by atoms with Gasteiger partial charge in [0.05, 0.1) is 21.6 Å². The first-order valence-electron chi connectivity index (χ1n) is 13.2. The predicted octanol–water partition coefficient (Wildman–Crippen LogP) is 6.21. The Morgan fingerprint density at radius 3 is 2.17 bits per heavy atom. The smallest absolute Gasteiger partial charge is 0.321 e. The molecule has 3 heterocycles. The molecule has 2 saturated carbocycles. The summed E-state index contributed by atoms with van der Waals surface area (Å²) in [4.78, 5) is 21.6. The van der Waals surface area contributed by atoms with Crippen LogP contribution in [0, 0.1) is 0 Å². The summed E-state index contributed by atoms with van der Waals surface area (Å²) in [6.07, 6.45) is -7.01. The fourth-order valence-electron chi connectivity index (χ4n) is 5.43. The molecule has 3 aromatic heterocycles. The van der Waals surface area contributed by atoms with E-state index in [0.717, 1.165) is 10.6 Å². The summed E-state index contributed by atoms with van der Waals surface area (Å²) in [6, 6.07) is 7.19. The van der Waals surface area contributed by atoms with Gasteiger partial charge in [0.2, 0.25) is 0 Å². The molecule has 0 aliphatic heterocycles. The number of aryl methyl sites for hydroxylation is 1. The summed E-state index contributed by atoms with van der Waals surface area (Å²) in [6.45, 7) is 1.41. The average Bonchev–Trinajstić information content (AvgIpc) is 3.85. The van der Waals surface area contributed by atoms with Crippen LogP contribution in [0.5, 0.6) is 0 Å². The van der Waals surface area contributed by atoms with E-state index in [0.29, 0.717) is 24.0 Å². The van der Waals surface area contributed by atoms with Gasteiger partial charge in [0.1, 0.15) is 16.9 Å². The summed E-state index contributed by atoms with van der Waals surface area (Å²) in [5, 5.41) is 0. The fraction of sp³-hybridized carbons (Fsp3) is 0.393. The molecule has 7 nitrogen and oxygen atoms in total. The summed E-state index contributed by atoms with van der Waals surface area (Å²) in [5.41, 5.74) is -3.54. The van der Waals surface area contributed by atoms with Gasteiger partial charge in [0.15, 0.2) is 15.7 Å². The van der Waals surface area contributed by atoms with Crippen molar-refractivity contribution in [2.24, 2.45) is 7.05 Å². The minimum Gasteiger partial charge on any atom is -0.321 e. The van der Waals surface area contributed by atoms with Crippen molar-refractivity contribution in [2.45, 2.75) is 61.3 Å². The molecule has 0 atom stereocenters. The lowest BCUT2D eigenvalue weighted by atomic mass is 9.93. The van der Waals surface area contributed by atoms with E-state index in [4.69, 9.17) is 0 Å². The van der Waals surface area contributed by atoms with Crippen molar-refractivity contribution >= 4 is 20.9 Å². The largest absolute Gasteiger partial charge is 0.431 e. The van der Waals surface area contributed by atoms with Gasteiger partial charge in [-0.15, -0.1) is 0 Å². The Morgan fingerprint density at radius 2 is 1.64 bits per heavy atom. The molecule has 6 rings (SSSR count). The zero-order valence-electron chi connectivity index (χ0n) is 22.3. The lowest BCUT2D eigenvalue weighted by molar-refractivity contribution is -0.160. The minimum atomic E-state index is -4.81. The Morgan fingerprint density at radius 1 is 1.00 bits per heavy atom. The van der Waals surface area contributed by atoms with E-state index in [9.17, 15) is 39.6 Å². The van der Waals surface area contributed by atoms with Crippen molar-refractivity contribution in [1.82, 2.24) is 19.1 Å². The number of sulfone groups is 1. The van der Waals surface area contributed by atoms with Crippen LogP contribution in [-0.4, -0.2) is 39.4 Å². The van der Waals surface area contributed by atoms with Crippen molar-refractivity contribution in [3.05, 3.63) is 64.2 Å². The Labute approximate surface area is 235 Å². The molecule has 0 radical (unpaired) electrons. The zero-order chi connectivity index (χ0) is 30.4. The minimum absolute atomic E-state index is 0.000790. The van der Waals surface area contributed by atoms with E-state index in [1.807, 2.05) is 0 Å². The molecule has 0 amide bonds. The second-order valence-electron chi connectivity index (χ2n) is 10.8. The van der Waals surface area contributed by atoms with Crippen LogP contribution < -0.4 is 5.56 Å². The van der Waals surface area contributed by atoms with Crippen LogP contribution >= 0.6 is 0 Å². The monoisotopic (exact) mass is 610 g/mol. The maximum atomic E-state index is 13.9. The first kappa shape index (κ1) is 28.4. The van der Waals surface area contributed by atoms with Gasteiger partial charge in [0, 0.05) is 24.8 Å². The standard InChI is InChI=1S/C28H24F6N4O3S/c1-3-42(40,41)20-12-16(15-4-6-17(7-5-15)26(10-11-26)28(32,33)34)14-35-22(20)24-36-19-13-21(27(29,30)31)38(18-8-9-18)25(39)23(19)37(24)2/h4-7,12-14,18H,3,8-11H2,1-2H3. The van der Waals surface area contributed by atoms with Crippen LogP contribution in [0.25, 0.3) is 33.7 Å². The van der Waals surface area contributed by atoms with Crippen molar-refractivity contribution in [2.75, 3.05) is 5.75 Å². The Hall–Kier alpha value is -3.68. The van der Waals surface area contributed by atoms with Gasteiger partial charge in [-0.2, -0.15) is 26.3 Å². The van der Waals surface area contributed by atoms with E-state index in [-0.39, 0.29) is 51.6 Å². The highest BCUT2D eigenvalue weighted by atomic mass is 32.2. The molecule has 0 unspecified atom stereocenters. The predicted molar refractivity (Wildman–Crippen MR) is 142 cm³/mol. The molecule has 0 N–H and O–H groups in total. The van der Waals surface area contributed by atoms with Gasteiger partial charge in [-0.1, -0.05) is 31.2 Å². The zero-order valence-corrected chi connectivity index (χ0v) is 23.2. The highest BCUT2D eigenvalue weighted by Gasteiger charge is 2.64. The van der Waals surface area contributed by atoms with Crippen LogP contribution in [-0.2, 0) is 28.5 Å². The number of nitrogens with zero attached hydrogens (tertiary/aromatic N) is 4. The molecule has 0 bridgehead atoms. The Balaban J connectivity index is 1.49. The SMILES string of the molecule is CCS(=O)(=O)c1cc(-c2ccc(C3(C(F)(F)F)CC3)cc2)cnc1-c1nc2cc(C(F)(F)F)n(C3CC3)c(=O)c2n1C. The number of pyridine rings is 2. The number of fused-ring (bicyclic) bond motifs is 1. The molecule has 14 heteroatoms. The molecule has 2 aliphatic rings. The third kappa shape index (κ3) is 4.41. The molecule has 42 heavy (non-hydrogen) atoms. The van der Waals surface area contributed by atoms with Gasteiger partial charge >= 0.3 is 12.4 Å². The average molecular weight is 611 g/mol. The highest BCUT2D eigenvalue weighted by molar-refractivity contribution is 7.91. The number of hydrogen-bond donors (Lipinski definition) is 0. The lowest BCUT2D eigenvalue weighted by Crippen LogP contribution is -2.28. The van der Waals surface area contributed by atoms with Crippen molar-refractivity contribution in [1.29, 1.82) is 0 Å². The van der Waals surface area contributed by atoms with Gasteiger partial charge < -0.3 is 4.57 Å². The topological polar surface area (TPSA) is 86.8 Å². The van der Waals surface area contributed by atoms with Gasteiger partial charge in [-0.05, 0) is 48.9 Å². The first-order valence-corrected chi connectivity index (χ1v) is 14.8. The van der Waals surface area contributed by atoms with E-state index in [2.05, 4.69) is 9.97 Å². The number of rotatable bonds is 6. The second kappa shape index (κ2) is 9.16. The van der Waals surface area contributed by atoms with E-state index < -0.39 is 44.9 Å². The number of hydrogen-bond acceptors (Lipinski definition) is 5. The van der Waals surface area contributed by atoms with Crippen molar-refractivity contribution < 1.29 is 34.8 Å². The second-order valence-corrected chi connectivity index (χ2v) is 13.0. The summed E-state index contributed by atoms with van der Waals surface area (Å²) >= 11 is 0. The number of imidazole rings is 1. The third-order valence-corrected chi connectivity index (χ3v) is 9.86. The van der Waals surface area contributed by atoms with E-state index in [1.165, 1.54) is 55.1 Å². The number of benzene rings is 1. The molecule has 222 valence electrons. The van der Waals surface area contributed by atoms with E-state index >= 15 is 0 Å². The fourth-order valence-corrected chi connectivity index (χ4v) is 6.48. The molecular formula is C28H24F6N4O3S. The van der Waals surface area contributed by atoms with Gasteiger partial charge in [-0.3, -0.25) is 14.3 Å². The Kier molecular flexibility index (Phi) is 6.20. The molecule has 4 aromatic rings. The van der Waals surface area contributed by atoms with Crippen LogP contribution in [0.1, 0.15) is 49.9 Å². The van der Waals surface area contributed by atoms with Crippen LogP contribution in [0.4, 0.5) is 26.3 Å². The summed E-state index contributed by atoms with van der Waals surface area (Å²) in [5.74, 6) is -0.451. The summed E-state index contributed by atoms with van der Waals surface area (Å²) < 4.78 is 111. The van der Waals surface area contributed by atoms with Gasteiger partial charge in [-0.25, -0.2) is 13.4 Å². The van der Waals surface area contributed by atoms with Crippen LogP contribution in [0.15, 0.2) is 52.3 Å². The highest BCUT2D eigenvalue weighted by Crippen LogP contribution is 2.59. The summed E-state index contributed by atoms with van der Waals surface area (Å²) in [7, 11) is -2.58. The van der Waals surface area contributed by atoms with Crippen LogP contribution in [0.2, 0.25) is 0 Å². The molecule has 0 saturated heterocycles. The van der Waals surface area contributed by atoms with Crippen LogP contribution in [0.3, 0.4) is 0 Å². The maximum Gasteiger partial charge on any atom is 0.431 e. The molecule has 0 spiro atoms. The molecule has 2 aliphatic carbocycles. The van der Waals surface area contributed by atoms with E-state index in [1.54, 1.807) is 0 Å². The molecular weight excluding hydrogens is 586 g/mol. The van der Waals surface area contributed by atoms with Crippen molar-refractivity contribution in [3.63, 3.8) is 0 Å². The molecule has 1 aromatic carbocycles. The Bertz CT molecular complexity index is 1900.